The fourth-order valence-corrected chi connectivity index (χ4v) is 3.77. The lowest BCUT2D eigenvalue weighted by Gasteiger charge is -2.21. The highest BCUT2D eigenvalue weighted by Gasteiger charge is 2.35. The summed E-state index contributed by atoms with van der Waals surface area (Å²) in [6, 6.07) is 0. The van der Waals surface area contributed by atoms with Gasteiger partial charge in [0, 0.05) is 16.3 Å². The van der Waals surface area contributed by atoms with Crippen molar-refractivity contribution < 1.29 is 71.5 Å². The second-order valence-corrected chi connectivity index (χ2v) is 7.13. The number of phenolic OH excluding ortho intramolecular Hbond substituents is 14. The molecule has 0 amide bonds. The van der Waals surface area contributed by atoms with Gasteiger partial charge < -0.3 is 71.5 Å². The molecule has 0 heterocycles. The molecule has 0 bridgehead atoms. The first-order chi connectivity index (χ1) is 15.7. The smallest absolute Gasteiger partial charge is 0.208 e. The van der Waals surface area contributed by atoms with E-state index < -0.39 is 113 Å². The molecule has 0 saturated heterocycles. The van der Waals surface area contributed by atoms with Crippen LogP contribution in [-0.2, 0) is 0 Å². The highest BCUT2D eigenvalue weighted by molar-refractivity contribution is 6.26. The zero-order chi connectivity index (χ0) is 25.5. The number of phenols is 14. The first kappa shape index (κ1) is 21.8. The van der Waals surface area contributed by atoms with Crippen molar-refractivity contribution in [3.63, 3.8) is 0 Å². The van der Waals surface area contributed by atoms with Gasteiger partial charge in [0.15, 0.2) is 34.5 Å². The topological polar surface area (TPSA) is 283 Å². The van der Waals surface area contributed by atoms with Crippen LogP contribution in [0.5, 0.6) is 80.5 Å². The van der Waals surface area contributed by atoms with Crippen LogP contribution in [0.15, 0.2) is 0 Å². The molecule has 14 heteroatoms. The van der Waals surface area contributed by atoms with E-state index >= 15 is 0 Å². The minimum atomic E-state index is -1.45. The maximum Gasteiger partial charge on any atom is 0.208 e. The van der Waals surface area contributed by atoms with E-state index in [4.69, 9.17) is 0 Å². The van der Waals surface area contributed by atoms with Crippen LogP contribution in [0.2, 0.25) is 0 Å². The maximum atomic E-state index is 10.7. The standard InChI is InChI=1S/C20H14O14/c21-7-5-2(8(22)14(28)16(30)12(5)26)1(3-6(7)13(27)17(31)15(29)9(3)23)4-10(24)18(32)20(34)19(33)11(4)25/h21-34H. The van der Waals surface area contributed by atoms with Crippen LogP contribution in [0.1, 0.15) is 0 Å². The molecule has 0 atom stereocenters. The average Bonchev–Trinajstić information content (AvgIpc) is 2.81. The van der Waals surface area contributed by atoms with Gasteiger partial charge in [0.2, 0.25) is 40.2 Å². The van der Waals surface area contributed by atoms with Gasteiger partial charge in [-0.1, -0.05) is 0 Å². The molecule has 0 saturated carbocycles. The van der Waals surface area contributed by atoms with Crippen molar-refractivity contribution in [3.05, 3.63) is 0 Å². The monoisotopic (exact) mass is 478 g/mol. The summed E-state index contributed by atoms with van der Waals surface area (Å²) in [6.45, 7) is 0. The molecule has 0 fully saturated rings. The maximum absolute atomic E-state index is 10.7. The van der Waals surface area contributed by atoms with E-state index in [0.29, 0.717) is 0 Å². The Morgan fingerprint density at radius 3 is 0.735 bits per heavy atom. The minimum Gasteiger partial charge on any atom is -0.506 e. The van der Waals surface area contributed by atoms with Crippen molar-refractivity contribution in [1.29, 1.82) is 0 Å². The molecule has 0 radical (unpaired) electrons. The van der Waals surface area contributed by atoms with E-state index in [1.165, 1.54) is 0 Å². The van der Waals surface area contributed by atoms with Gasteiger partial charge in [-0.2, -0.15) is 0 Å². The van der Waals surface area contributed by atoms with Crippen molar-refractivity contribution in [2.45, 2.75) is 0 Å². The summed E-state index contributed by atoms with van der Waals surface area (Å²) in [4.78, 5) is 0. The van der Waals surface area contributed by atoms with E-state index in [0.717, 1.165) is 0 Å². The van der Waals surface area contributed by atoms with Gasteiger partial charge in [-0.3, -0.25) is 0 Å². The number of hydrogen-bond acceptors (Lipinski definition) is 14. The normalized spacial score (nSPS) is 11.4. The first-order valence-electron chi connectivity index (χ1n) is 8.88. The number of fused-ring (bicyclic) bond motifs is 2. The van der Waals surface area contributed by atoms with Crippen molar-refractivity contribution in [3.8, 4) is 91.6 Å². The van der Waals surface area contributed by atoms with Crippen molar-refractivity contribution >= 4 is 21.5 Å². The van der Waals surface area contributed by atoms with Crippen LogP contribution in [0.3, 0.4) is 0 Å². The van der Waals surface area contributed by atoms with Crippen LogP contribution >= 0.6 is 0 Å². The van der Waals surface area contributed by atoms with Gasteiger partial charge in [-0.15, -0.1) is 0 Å². The van der Waals surface area contributed by atoms with Crippen LogP contribution in [-0.4, -0.2) is 71.5 Å². The Labute approximate surface area is 185 Å². The quantitative estimate of drug-likeness (QED) is 0.105. The lowest BCUT2D eigenvalue weighted by Crippen LogP contribution is -1.93. The molecular weight excluding hydrogens is 464 g/mol. The highest BCUT2D eigenvalue weighted by Crippen LogP contribution is 2.65. The second kappa shape index (κ2) is 6.55. The predicted octanol–water partition coefficient (Wildman–Crippen LogP) is 1.54. The fourth-order valence-electron chi connectivity index (χ4n) is 3.77. The zero-order valence-electron chi connectivity index (χ0n) is 16.3. The summed E-state index contributed by atoms with van der Waals surface area (Å²) >= 11 is 0. The third-order valence-corrected chi connectivity index (χ3v) is 5.39. The van der Waals surface area contributed by atoms with Crippen molar-refractivity contribution in [1.82, 2.24) is 0 Å². The summed E-state index contributed by atoms with van der Waals surface area (Å²) in [6.07, 6.45) is 0. The Hall–Kier alpha value is -5.40. The van der Waals surface area contributed by atoms with E-state index in [-0.39, 0.29) is 0 Å². The highest BCUT2D eigenvalue weighted by atomic mass is 16.4. The Balaban J connectivity index is 2.55. The summed E-state index contributed by atoms with van der Waals surface area (Å²) in [5, 5.41) is 139. The van der Waals surface area contributed by atoms with E-state index in [1.54, 1.807) is 0 Å². The van der Waals surface area contributed by atoms with Gasteiger partial charge in [-0.25, -0.2) is 0 Å². The van der Waals surface area contributed by atoms with Crippen molar-refractivity contribution in [2.75, 3.05) is 0 Å². The van der Waals surface area contributed by atoms with Crippen LogP contribution < -0.4 is 0 Å². The third kappa shape index (κ3) is 2.32. The molecule has 4 aromatic carbocycles. The van der Waals surface area contributed by atoms with E-state index in [2.05, 4.69) is 0 Å². The molecule has 0 aliphatic carbocycles. The molecule has 0 aromatic heterocycles. The summed E-state index contributed by atoms with van der Waals surface area (Å²) in [5.41, 5.74) is -2.13. The van der Waals surface area contributed by atoms with Gasteiger partial charge in [0.1, 0.15) is 5.75 Å². The molecule has 4 rings (SSSR count). The molecule has 178 valence electrons. The molecule has 0 spiro atoms. The molecular formula is C20H14O14. The van der Waals surface area contributed by atoms with Gasteiger partial charge in [0.05, 0.1) is 16.3 Å². The van der Waals surface area contributed by atoms with Gasteiger partial charge in [-0.05, 0) is 0 Å². The van der Waals surface area contributed by atoms with Gasteiger partial charge in [0.25, 0.3) is 0 Å². The fraction of sp³-hybridized carbons (Fsp3) is 0. The predicted molar refractivity (Wildman–Crippen MR) is 110 cm³/mol. The minimum absolute atomic E-state index is 0.979. The molecule has 0 unspecified atom stereocenters. The van der Waals surface area contributed by atoms with Crippen LogP contribution in [0.4, 0.5) is 0 Å². The average molecular weight is 478 g/mol. The Morgan fingerprint density at radius 2 is 0.412 bits per heavy atom. The van der Waals surface area contributed by atoms with Crippen LogP contribution in [0.25, 0.3) is 32.7 Å². The Morgan fingerprint density at radius 1 is 0.176 bits per heavy atom. The van der Waals surface area contributed by atoms with Gasteiger partial charge >= 0.3 is 0 Å². The molecule has 0 aliphatic heterocycles. The second-order valence-electron chi connectivity index (χ2n) is 7.13. The molecule has 14 N–H and O–H groups in total. The van der Waals surface area contributed by atoms with E-state index in [9.17, 15) is 71.5 Å². The first-order valence-corrected chi connectivity index (χ1v) is 8.88. The van der Waals surface area contributed by atoms with E-state index in [1.807, 2.05) is 0 Å². The largest absolute Gasteiger partial charge is 0.506 e. The summed E-state index contributed by atoms with van der Waals surface area (Å²) in [7, 11) is 0. The molecule has 34 heavy (non-hydrogen) atoms. The zero-order valence-corrected chi connectivity index (χ0v) is 16.3. The number of hydrogen-bond donors (Lipinski definition) is 14. The summed E-state index contributed by atoms with van der Waals surface area (Å²) < 4.78 is 0. The SMILES string of the molecule is Oc1c(O)c(O)c(-c2c3c(O)c(O)c(O)c(O)c3c(O)c3c(O)c(O)c(O)c(O)c23)c(O)c1O. The molecule has 0 aliphatic rings. The lowest BCUT2D eigenvalue weighted by molar-refractivity contribution is 0.330. The molecule has 4 aromatic rings. The summed E-state index contributed by atoms with van der Waals surface area (Å²) in [5.74, 6) is -19.4. The third-order valence-electron chi connectivity index (χ3n) is 5.39. The number of benzene rings is 4. The Bertz CT molecular complexity index is 1480. The number of rotatable bonds is 1. The Kier molecular flexibility index (Phi) is 4.20. The molecule has 14 nitrogen and oxygen atoms in total. The van der Waals surface area contributed by atoms with Crippen molar-refractivity contribution in [2.24, 2.45) is 0 Å². The lowest BCUT2D eigenvalue weighted by atomic mass is 9.87. The van der Waals surface area contributed by atoms with Crippen LogP contribution in [0, 0.1) is 0 Å². The number of aromatic hydroxyl groups is 14.